The second-order valence-electron chi connectivity index (χ2n) is 5.55. The van der Waals surface area contributed by atoms with Gasteiger partial charge in [-0.15, -0.1) is 11.3 Å². The molecular formula is C14H19BrN2O4S. The van der Waals surface area contributed by atoms with E-state index in [4.69, 9.17) is 5.11 Å². The number of amides is 2. The number of likely N-dealkylation sites (N-methyl/N-ethyl adjacent to an activating group) is 1. The van der Waals surface area contributed by atoms with E-state index in [1.54, 1.807) is 33.0 Å². The van der Waals surface area contributed by atoms with Crippen LogP contribution in [-0.2, 0) is 9.59 Å². The third-order valence-electron chi connectivity index (χ3n) is 3.16. The number of nitrogens with one attached hydrogen (secondary N) is 1. The van der Waals surface area contributed by atoms with E-state index in [9.17, 15) is 14.4 Å². The van der Waals surface area contributed by atoms with Gasteiger partial charge in [0, 0.05) is 13.6 Å². The zero-order valence-electron chi connectivity index (χ0n) is 12.7. The highest BCUT2D eigenvalue weighted by Crippen LogP contribution is 2.23. The van der Waals surface area contributed by atoms with E-state index >= 15 is 0 Å². The number of carboxylic acids is 1. The van der Waals surface area contributed by atoms with E-state index in [-0.39, 0.29) is 24.9 Å². The van der Waals surface area contributed by atoms with Gasteiger partial charge in [-0.1, -0.05) is 0 Å². The fourth-order valence-corrected chi connectivity index (χ4v) is 2.96. The normalized spacial score (nSPS) is 11.1. The molecule has 1 rings (SSSR count). The van der Waals surface area contributed by atoms with Gasteiger partial charge in [0.1, 0.15) is 0 Å². The minimum atomic E-state index is -0.905. The molecule has 0 unspecified atom stereocenters. The molecule has 0 aliphatic carbocycles. The molecule has 0 radical (unpaired) electrons. The van der Waals surface area contributed by atoms with Gasteiger partial charge >= 0.3 is 5.97 Å². The van der Waals surface area contributed by atoms with Crippen LogP contribution < -0.4 is 5.32 Å². The van der Waals surface area contributed by atoms with Crippen molar-refractivity contribution in [2.24, 2.45) is 5.41 Å². The summed E-state index contributed by atoms with van der Waals surface area (Å²) < 4.78 is 0.851. The lowest BCUT2D eigenvalue weighted by molar-refractivity contribution is -0.147. The SMILES string of the molecule is CN(CC(=O)NCCC(C)(C)C(=O)O)C(=O)c1ccc(Br)s1. The standard InChI is InChI=1S/C14H19BrN2O4S/c1-14(2,13(20)21)6-7-16-11(18)8-17(3)12(19)9-4-5-10(15)22-9/h4-5H,6-8H2,1-3H3,(H,16,18)(H,20,21). The smallest absolute Gasteiger partial charge is 0.309 e. The van der Waals surface area contributed by atoms with Crippen LogP contribution in [0.15, 0.2) is 15.9 Å². The molecule has 8 heteroatoms. The summed E-state index contributed by atoms with van der Waals surface area (Å²) in [5.74, 6) is -1.44. The monoisotopic (exact) mass is 390 g/mol. The molecule has 0 saturated carbocycles. The topological polar surface area (TPSA) is 86.7 Å². The van der Waals surface area contributed by atoms with Crippen molar-refractivity contribution in [3.63, 3.8) is 0 Å². The number of hydrogen-bond donors (Lipinski definition) is 2. The van der Waals surface area contributed by atoms with E-state index < -0.39 is 11.4 Å². The van der Waals surface area contributed by atoms with Crippen molar-refractivity contribution in [3.05, 3.63) is 20.8 Å². The lowest BCUT2D eigenvalue weighted by Crippen LogP contribution is -2.39. The van der Waals surface area contributed by atoms with Gasteiger partial charge in [-0.25, -0.2) is 0 Å². The number of hydrogen-bond acceptors (Lipinski definition) is 4. The Morgan fingerprint density at radius 3 is 2.50 bits per heavy atom. The predicted octanol–water partition coefficient (Wildman–Crippen LogP) is 2.20. The first-order valence-corrected chi connectivity index (χ1v) is 8.25. The predicted molar refractivity (Wildman–Crippen MR) is 88.0 cm³/mol. The lowest BCUT2D eigenvalue weighted by atomic mass is 9.90. The van der Waals surface area contributed by atoms with Crippen LogP contribution in [0.1, 0.15) is 29.9 Å². The molecule has 0 aliphatic heterocycles. The highest BCUT2D eigenvalue weighted by Gasteiger charge is 2.26. The van der Waals surface area contributed by atoms with E-state index in [1.807, 2.05) is 0 Å². The molecule has 1 aromatic heterocycles. The first-order chi connectivity index (χ1) is 10.1. The van der Waals surface area contributed by atoms with Gasteiger partial charge in [0.25, 0.3) is 5.91 Å². The van der Waals surface area contributed by atoms with Gasteiger partial charge in [0.15, 0.2) is 0 Å². The highest BCUT2D eigenvalue weighted by atomic mass is 79.9. The van der Waals surface area contributed by atoms with Gasteiger partial charge in [-0.3, -0.25) is 14.4 Å². The molecule has 0 saturated heterocycles. The summed E-state index contributed by atoms with van der Waals surface area (Å²) in [5.41, 5.74) is -0.891. The Hall–Kier alpha value is -1.41. The van der Waals surface area contributed by atoms with Crippen LogP contribution in [0.5, 0.6) is 0 Å². The number of nitrogens with zero attached hydrogens (tertiary/aromatic N) is 1. The largest absolute Gasteiger partial charge is 0.481 e. The summed E-state index contributed by atoms with van der Waals surface area (Å²) in [6.45, 7) is 3.39. The summed E-state index contributed by atoms with van der Waals surface area (Å²) in [4.78, 5) is 36.7. The molecule has 1 heterocycles. The van der Waals surface area contributed by atoms with Crippen molar-refractivity contribution in [1.29, 1.82) is 0 Å². The first kappa shape index (κ1) is 18.6. The van der Waals surface area contributed by atoms with Crippen LogP contribution >= 0.6 is 27.3 Å². The number of halogens is 1. The summed E-state index contributed by atoms with van der Waals surface area (Å²) in [7, 11) is 1.55. The van der Waals surface area contributed by atoms with Gasteiger partial charge in [0.05, 0.1) is 20.6 Å². The van der Waals surface area contributed by atoms with Gasteiger partial charge in [-0.05, 0) is 48.3 Å². The van der Waals surface area contributed by atoms with Gasteiger partial charge in [0.2, 0.25) is 5.91 Å². The zero-order valence-corrected chi connectivity index (χ0v) is 15.1. The average molecular weight is 391 g/mol. The Labute approximate surface area is 141 Å². The summed E-state index contributed by atoms with van der Waals surface area (Å²) in [5, 5.41) is 11.6. The Morgan fingerprint density at radius 2 is 2.00 bits per heavy atom. The number of carbonyl (C=O) groups excluding carboxylic acids is 2. The third kappa shape index (κ3) is 5.42. The van der Waals surface area contributed by atoms with Crippen LogP contribution in [0.3, 0.4) is 0 Å². The molecule has 6 nitrogen and oxygen atoms in total. The Morgan fingerprint density at radius 1 is 1.36 bits per heavy atom. The number of rotatable bonds is 7. The maximum atomic E-state index is 12.1. The van der Waals surface area contributed by atoms with Crippen LogP contribution in [0.2, 0.25) is 0 Å². The molecule has 22 heavy (non-hydrogen) atoms. The highest BCUT2D eigenvalue weighted by molar-refractivity contribution is 9.11. The minimum absolute atomic E-state index is 0.0676. The second kappa shape index (κ2) is 7.73. The van der Waals surface area contributed by atoms with Crippen molar-refractivity contribution < 1.29 is 19.5 Å². The van der Waals surface area contributed by atoms with Crippen LogP contribution in [0, 0.1) is 5.41 Å². The molecule has 2 amide bonds. The minimum Gasteiger partial charge on any atom is -0.481 e. The molecule has 0 aromatic carbocycles. The zero-order chi connectivity index (χ0) is 16.9. The summed E-state index contributed by atoms with van der Waals surface area (Å²) >= 11 is 4.59. The van der Waals surface area contributed by atoms with Crippen LogP contribution in [0.4, 0.5) is 0 Å². The summed E-state index contributed by atoms with van der Waals surface area (Å²) in [6.07, 6.45) is 0.323. The fourth-order valence-electron chi connectivity index (χ4n) is 1.58. The van der Waals surface area contributed by atoms with Crippen molar-refractivity contribution in [2.45, 2.75) is 20.3 Å². The van der Waals surface area contributed by atoms with Crippen molar-refractivity contribution in [1.82, 2.24) is 10.2 Å². The van der Waals surface area contributed by atoms with E-state index in [2.05, 4.69) is 21.2 Å². The van der Waals surface area contributed by atoms with E-state index in [0.29, 0.717) is 11.3 Å². The quantitative estimate of drug-likeness (QED) is 0.746. The molecule has 1 aromatic rings. The third-order valence-corrected chi connectivity index (χ3v) is 4.77. The van der Waals surface area contributed by atoms with Gasteiger partial charge < -0.3 is 15.3 Å². The molecule has 0 atom stereocenters. The lowest BCUT2D eigenvalue weighted by Gasteiger charge is -2.20. The number of aliphatic carboxylic acids is 1. The maximum absolute atomic E-state index is 12.1. The Bertz CT molecular complexity index is 571. The first-order valence-electron chi connectivity index (χ1n) is 6.64. The van der Waals surface area contributed by atoms with Crippen molar-refractivity contribution in [3.8, 4) is 0 Å². The Kier molecular flexibility index (Phi) is 6.55. The molecule has 2 N–H and O–H groups in total. The number of carbonyl (C=O) groups is 3. The molecule has 0 fully saturated rings. The van der Waals surface area contributed by atoms with Crippen LogP contribution in [-0.4, -0.2) is 47.9 Å². The van der Waals surface area contributed by atoms with Crippen LogP contribution in [0.25, 0.3) is 0 Å². The average Bonchev–Trinajstić information content (AvgIpc) is 2.83. The van der Waals surface area contributed by atoms with Crippen molar-refractivity contribution in [2.75, 3.05) is 20.1 Å². The number of carboxylic acid groups (broad SMARTS) is 1. The number of thiophene rings is 1. The van der Waals surface area contributed by atoms with E-state index in [0.717, 1.165) is 3.79 Å². The molecule has 0 aliphatic rings. The second-order valence-corrected chi connectivity index (χ2v) is 8.02. The Balaban J connectivity index is 2.42. The molecule has 0 spiro atoms. The molecule has 0 bridgehead atoms. The van der Waals surface area contributed by atoms with E-state index in [1.165, 1.54) is 16.2 Å². The maximum Gasteiger partial charge on any atom is 0.309 e. The molecule has 122 valence electrons. The summed E-state index contributed by atoms with van der Waals surface area (Å²) in [6, 6.07) is 3.47. The van der Waals surface area contributed by atoms with Gasteiger partial charge in [-0.2, -0.15) is 0 Å². The molecular weight excluding hydrogens is 372 g/mol. The fraction of sp³-hybridized carbons (Fsp3) is 0.500. The van der Waals surface area contributed by atoms with Crippen molar-refractivity contribution >= 4 is 45.1 Å².